The minimum atomic E-state index is -0.306. The highest BCUT2D eigenvalue weighted by atomic mass is 35.5. The van der Waals surface area contributed by atoms with Gasteiger partial charge in [-0.3, -0.25) is 0 Å². The second-order valence-electron chi connectivity index (χ2n) is 4.87. The average Bonchev–Trinajstić information content (AvgIpc) is 2.86. The highest BCUT2D eigenvalue weighted by Gasteiger charge is 2.05. The van der Waals surface area contributed by atoms with Crippen molar-refractivity contribution in [1.29, 1.82) is 0 Å². The fourth-order valence-corrected chi connectivity index (χ4v) is 2.15. The van der Waals surface area contributed by atoms with Crippen LogP contribution in [-0.4, -0.2) is 20.6 Å². The number of aromatic nitrogens is 3. The van der Waals surface area contributed by atoms with E-state index < -0.39 is 0 Å². The molecule has 2 aromatic heterocycles. The Labute approximate surface area is 132 Å². The summed E-state index contributed by atoms with van der Waals surface area (Å²) in [7, 11) is 0. The molecule has 112 valence electrons. The van der Waals surface area contributed by atoms with Crippen molar-refractivity contribution in [2.45, 2.75) is 13.5 Å². The van der Waals surface area contributed by atoms with Gasteiger partial charge in [0, 0.05) is 17.6 Å². The van der Waals surface area contributed by atoms with Crippen LogP contribution in [0.4, 0.5) is 10.5 Å². The van der Waals surface area contributed by atoms with Crippen molar-refractivity contribution >= 4 is 29.0 Å². The van der Waals surface area contributed by atoms with Crippen LogP contribution in [0.2, 0.25) is 5.02 Å². The molecular formula is C15H14ClN5O. The fraction of sp³-hybridized carbons (Fsp3) is 0.133. The Balaban J connectivity index is 1.61. The highest BCUT2D eigenvalue weighted by molar-refractivity contribution is 6.30. The third kappa shape index (κ3) is 3.35. The van der Waals surface area contributed by atoms with Crippen LogP contribution in [0.15, 0.2) is 42.7 Å². The molecule has 2 N–H and O–H groups in total. The summed E-state index contributed by atoms with van der Waals surface area (Å²) in [6.07, 6.45) is 3.32. The summed E-state index contributed by atoms with van der Waals surface area (Å²) in [5.41, 5.74) is 3.15. The zero-order valence-corrected chi connectivity index (χ0v) is 12.6. The zero-order valence-electron chi connectivity index (χ0n) is 11.9. The minimum Gasteiger partial charge on any atom is -0.334 e. The lowest BCUT2D eigenvalue weighted by Gasteiger charge is -2.07. The van der Waals surface area contributed by atoms with Gasteiger partial charge in [-0.25, -0.2) is 14.3 Å². The average molecular weight is 316 g/mol. The van der Waals surface area contributed by atoms with Gasteiger partial charge in [0.15, 0.2) is 5.65 Å². The molecule has 0 fully saturated rings. The summed E-state index contributed by atoms with van der Waals surface area (Å²) in [6.45, 7) is 2.31. The number of nitrogens with one attached hydrogen (secondary N) is 2. The van der Waals surface area contributed by atoms with Crippen LogP contribution in [-0.2, 0) is 6.54 Å². The predicted octanol–water partition coefficient (Wildman–Crippen LogP) is 3.01. The van der Waals surface area contributed by atoms with E-state index in [4.69, 9.17) is 11.6 Å². The zero-order chi connectivity index (χ0) is 15.5. The lowest BCUT2D eigenvalue weighted by Crippen LogP contribution is -2.28. The van der Waals surface area contributed by atoms with E-state index in [1.807, 2.05) is 25.1 Å². The van der Waals surface area contributed by atoms with Crippen LogP contribution in [0.3, 0.4) is 0 Å². The van der Waals surface area contributed by atoms with E-state index in [1.165, 1.54) is 0 Å². The van der Waals surface area contributed by atoms with Gasteiger partial charge in [0.05, 0.1) is 23.8 Å². The van der Waals surface area contributed by atoms with E-state index in [9.17, 15) is 4.79 Å². The molecule has 0 spiro atoms. The number of hydrogen-bond acceptors (Lipinski definition) is 3. The maximum Gasteiger partial charge on any atom is 0.319 e. The van der Waals surface area contributed by atoms with E-state index in [0.29, 0.717) is 17.3 Å². The maximum atomic E-state index is 11.9. The van der Waals surface area contributed by atoms with Crippen molar-refractivity contribution in [3.05, 3.63) is 59.0 Å². The van der Waals surface area contributed by atoms with Gasteiger partial charge in [-0.2, -0.15) is 5.10 Å². The van der Waals surface area contributed by atoms with Gasteiger partial charge in [-0.15, -0.1) is 0 Å². The number of benzene rings is 1. The van der Waals surface area contributed by atoms with E-state index in [1.54, 1.807) is 29.0 Å². The molecule has 3 aromatic rings. The Morgan fingerprint density at radius 2 is 2.09 bits per heavy atom. The van der Waals surface area contributed by atoms with Gasteiger partial charge in [-0.05, 0) is 24.6 Å². The third-order valence-corrected chi connectivity index (χ3v) is 3.31. The number of carbonyl (C=O) groups excluding carboxylic acids is 1. The quantitative estimate of drug-likeness (QED) is 0.780. The van der Waals surface area contributed by atoms with Crippen LogP contribution in [0.5, 0.6) is 0 Å². The first-order valence-corrected chi connectivity index (χ1v) is 7.09. The summed E-state index contributed by atoms with van der Waals surface area (Å²) < 4.78 is 1.63. The molecular weight excluding hydrogens is 302 g/mol. The molecule has 22 heavy (non-hydrogen) atoms. The molecule has 0 aliphatic rings. The Morgan fingerprint density at radius 3 is 2.86 bits per heavy atom. The highest BCUT2D eigenvalue weighted by Crippen LogP contribution is 2.10. The minimum absolute atomic E-state index is 0.306. The lowest BCUT2D eigenvalue weighted by atomic mass is 10.2. The van der Waals surface area contributed by atoms with Crippen molar-refractivity contribution < 1.29 is 4.79 Å². The van der Waals surface area contributed by atoms with Crippen LogP contribution < -0.4 is 10.6 Å². The third-order valence-electron chi connectivity index (χ3n) is 3.06. The molecule has 0 aliphatic carbocycles. The maximum absolute atomic E-state index is 11.9. The molecule has 2 heterocycles. The molecule has 7 heteroatoms. The number of carbonyl (C=O) groups is 1. The fourth-order valence-electron chi connectivity index (χ4n) is 2.02. The number of hydrogen-bond donors (Lipinski definition) is 2. The second kappa shape index (κ2) is 6.03. The summed E-state index contributed by atoms with van der Waals surface area (Å²) in [6, 6.07) is 8.86. The first kappa shape index (κ1) is 14.3. The smallest absolute Gasteiger partial charge is 0.319 e. The Morgan fingerprint density at radius 1 is 1.32 bits per heavy atom. The first-order chi connectivity index (χ1) is 10.6. The lowest BCUT2D eigenvalue weighted by molar-refractivity contribution is 0.251. The largest absolute Gasteiger partial charge is 0.334 e. The van der Waals surface area contributed by atoms with Crippen molar-refractivity contribution in [2.24, 2.45) is 0 Å². The van der Waals surface area contributed by atoms with Crippen LogP contribution in [0.1, 0.15) is 11.3 Å². The number of anilines is 1. The number of rotatable bonds is 3. The van der Waals surface area contributed by atoms with Gasteiger partial charge in [0.2, 0.25) is 0 Å². The van der Waals surface area contributed by atoms with Gasteiger partial charge >= 0.3 is 6.03 Å². The topological polar surface area (TPSA) is 71.3 Å². The monoisotopic (exact) mass is 315 g/mol. The number of halogens is 1. The standard InChI is InChI=1S/C15H14ClN5O/c1-10-6-14-17-8-13(9-21(14)20-10)19-15(22)18-7-11-2-4-12(16)5-3-11/h2-6,8-9H,7H2,1H3,(H2,18,19,22). The summed E-state index contributed by atoms with van der Waals surface area (Å²) >= 11 is 5.82. The number of urea groups is 1. The predicted molar refractivity (Wildman–Crippen MR) is 85.0 cm³/mol. The number of fused-ring (bicyclic) bond motifs is 1. The molecule has 3 rings (SSSR count). The summed E-state index contributed by atoms with van der Waals surface area (Å²) in [5.74, 6) is 0. The molecule has 0 unspecified atom stereocenters. The molecule has 0 radical (unpaired) electrons. The second-order valence-corrected chi connectivity index (χ2v) is 5.30. The van der Waals surface area contributed by atoms with Crippen molar-refractivity contribution in [2.75, 3.05) is 5.32 Å². The van der Waals surface area contributed by atoms with E-state index >= 15 is 0 Å². The Bertz CT molecular complexity index is 812. The molecule has 6 nitrogen and oxygen atoms in total. The van der Waals surface area contributed by atoms with Gasteiger partial charge < -0.3 is 10.6 Å². The van der Waals surface area contributed by atoms with Gasteiger partial charge in [0.25, 0.3) is 0 Å². The van der Waals surface area contributed by atoms with Crippen molar-refractivity contribution in [3.63, 3.8) is 0 Å². The number of nitrogens with zero attached hydrogens (tertiary/aromatic N) is 3. The van der Waals surface area contributed by atoms with E-state index in [-0.39, 0.29) is 6.03 Å². The van der Waals surface area contributed by atoms with Crippen LogP contribution in [0, 0.1) is 6.92 Å². The number of aryl methyl sites for hydroxylation is 1. The van der Waals surface area contributed by atoms with E-state index in [0.717, 1.165) is 16.9 Å². The molecule has 1 aromatic carbocycles. The molecule has 2 amide bonds. The molecule has 0 bridgehead atoms. The molecule has 0 saturated carbocycles. The van der Waals surface area contributed by atoms with Gasteiger partial charge in [0.1, 0.15) is 0 Å². The van der Waals surface area contributed by atoms with Crippen molar-refractivity contribution in [3.8, 4) is 0 Å². The SMILES string of the molecule is Cc1cc2ncc(NC(=O)NCc3ccc(Cl)cc3)cn2n1. The van der Waals surface area contributed by atoms with E-state index in [2.05, 4.69) is 20.7 Å². The van der Waals surface area contributed by atoms with Crippen LogP contribution in [0.25, 0.3) is 5.65 Å². The molecule has 0 atom stereocenters. The summed E-state index contributed by atoms with van der Waals surface area (Å²) in [4.78, 5) is 16.1. The molecule has 0 saturated heterocycles. The number of amides is 2. The Kier molecular flexibility index (Phi) is 3.93. The summed E-state index contributed by atoms with van der Waals surface area (Å²) in [5, 5.41) is 10.4. The normalized spacial score (nSPS) is 10.6. The Hall–Kier alpha value is -2.60. The molecule has 0 aliphatic heterocycles. The van der Waals surface area contributed by atoms with Crippen LogP contribution >= 0.6 is 11.6 Å². The van der Waals surface area contributed by atoms with Gasteiger partial charge in [-0.1, -0.05) is 23.7 Å². The first-order valence-electron chi connectivity index (χ1n) is 6.71. The van der Waals surface area contributed by atoms with Crippen molar-refractivity contribution in [1.82, 2.24) is 19.9 Å².